The third kappa shape index (κ3) is 2.56. The number of methoxy groups -OCH3 is 1. The lowest BCUT2D eigenvalue weighted by molar-refractivity contribution is -0.112. The smallest absolute Gasteiger partial charge is 0.247 e. The summed E-state index contributed by atoms with van der Waals surface area (Å²) in [6.45, 7) is 7.35. The monoisotopic (exact) mass is 247 g/mol. The van der Waals surface area contributed by atoms with Gasteiger partial charge in [0.2, 0.25) is 5.78 Å². The molecule has 0 saturated heterocycles. The van der Waals surface area contributed by atoms with Crippen molar-refractivity contribution in [3.05, 3.63) is 36.4 Å². The van der Waals surface area contributed by atoms with E-state index in [9.17, 15) is 4.79 Å². The van der Waals surface area contributed by atoms with Crippen LogP contribution in [0.15, 0.2) is 35.7 Å². The number of hydrogen-bond acceptors (Lipinski definition) is 4. The van der Waals surface area contributed by atoms with E-state index in [1.54, 1.807) is 43.9 Å². The Morgan fingerprint density at radius 1 is 1.61 bits per heavy atom. The van der Waals surface area contributed by atoms with Crippen LogP contribution in [0.3, 0.4) is 0 Å². The summed E-state index contributed by atoms with van der Waals surface area (Å²) in [5.41, 5.74) is 1.61. The highest BCUT2D eigenvalue weighted by molar-refractivity contribution is 6.50. The van der Waals surface area contributed by atoms with Crippen molar-refractivity contribution >= 4 is 17.2 Å². The quantitative estimate of drug-likeness (QED) is 0.453. The summed E-state index contributed by atoms with van der Waals surface area (Å²) in [6, 6.07) is 1.72. The van der Waals surface area contributed by atoms with Crippen LogP contribution in [0.4, 0.5) is 0 Å². The number of hydrogen-bond donors (Lipinski definition) is 0. The van der Waals surface area contributed by atoms with E-state index in [1.165, 1.54) is 7.11 Å². The van der Waals surface area contributed by atoms with Gasteiger partial charge in [0, 0.05) is 12.7 Å². The fourth-order valence-electron chi connectivity index (χ4n) is 1.58. The molecule has 0 amide bonds. The second-order valence-corrected chi connectivity index (χ2v) is 3.62. The standard InChI is InChI=1S/C13H17N3O2/c1-6-11(18-5)13(17)12(14-4)10-7-8-15-16(10)9(2)3/h6-8H,2H2,1,3-5H3/b11-6+,14-12?. The minimum absolute atomic E-state index is 0.255. The molecule has 0 saturated carbocycles. The Morgan fingerprint density at radius 2 is 2.28 bits per heavy atom. The Balaban J connectivity index is 3.24. The van der Waals surface area contributed by atoms with Crippen molar-refractivity contribution in [2.24, 2.45) is 4.99 Å². The van der Waals surface area contributed by atoms with Crippen LogP contribution in [0.5, 0.6) is 0 Å². The SMILES string of the molecule is C=C(C)n1nccc1C(=NC)C(=O)/C(=C\C)OC. The van der Waals surface area contributed by atoms with Crippen LogP contribution < -0.4 is 0 Å². The van der Waals surface area contributed by atoms with E-state index in [-0.39, 0.29) is 11.5 Å². The van der Waals surface area contributed by atoms with Gasteiger partial charge in [-0.1, -0.05) is 6.58 Å². The first-order valence-corrected chi connectivity index (χ1v) is 5.48. The summed E-state index contributed by atoms with van der Waals surface area (Å²) >= 11 is 0. The number of carbonyl (C=O) groups excluding carboxylic acids is 1. The van der Waals surface area contributed by atoms with Crippen molar-refractivity contribution in [3.63, 3.8) is 0 Å². The van der Waals surface area contributed by atoms with Crippen molar-refractivity contribution in [3.8, 4) is 0 Å². The lowest BCUT2D eigenvalue weighted by atomic mass is 10.1. The lowest BCUT2D eigenvalue weighted by Gasteiger charge is -2.09. The molecular weight excluding hydrogens is 230 g/mol. The zero-order valence-electron chi connectivity index (χ0n) is 11.1. The molecule has 0 bridgehead atoms. The van der Waals surface area contributed by atoms with Gasteiger partial charge in [0.25, 0.3) is 0 Å². The van der Waals surface area contributed by atoms with Crippen LogP contribution in [0.1, 0.15) is 19.5 Å². The van der Waals surface area contributed by atoms with E-state index >= 15 is 0 Å². The molecule has 0 unspecified atom stereocenters. The summed E-state index contributed by atoms with van der Waals surface area (Å²) < 4.78 is 6.59. The van der Waals surface area contributed by atoms with Crippen molar-refractivity contribution in [2.75, 3.05) is 14.2 Å². The number of ether oxygens (including phenoxy) is 1. The lowest BCUT2D eigenvalue weighted by Crippen LogP contribution is -2.22. The maximum Gasteiger partial charge on any atom is 0.247 e. The number of carbonyl (C=O) groups is 1. The highest BCUT2D eigenvalue weighted by Gasteiger charge is 2.21. The summed E-state index contributed by atoms with van der Waals surface area (Å²) in [4.78, 5) is 16.2. The number of ketones is 1. The molecule has 0 fully saturated rings. The highest BCUT2D eigenvalue weighted by Crippen LogP contribution is 2.11. The zero-order valence-corrected chi connectivity index (χ0v) is 11.1. The van der Waals surface area contributed by atoms with Crippen molar-refractivity contribution in [2.45, 2.75) is 13.8 Å². The van der Waals surface area contributed by atoms with Gasteiger partial charge in [-0.15, -0.1) is 0 Å². The molecule has 0 spiro atoms. The number of aromatic nitrogens is 2. The van der Waals surface area contributed by atoms with E-state index in [1.807, 2.05) is 0 Å². The summed E-state index contributed by atoms with van der Waals surface area (Å²) in [5.74, 6) is -0.0180. The number of allylic oxidation sites excluding steroid dienone is 3. The van der Waals surface area contributed by atoms with E-state index in [0.717, 1.165) is 0 Å². The largest absolute Gasteiger partial charge is 0.493 e. The molecule has 0 radical (unpaired) electrons. The van der Waals surface area contributed by atoms with E-state index < -0.39 is 0 Å². The van der Waals surface area contributed by atoms with Crippen LogP contribution in [-0.2, 0) is 9.53 Å². The molecule has 18 heavy (non-hydrogen) atoms. The summed E-state index contributed by atoms with van der Waals surface area (Å²) in [7, 11) is 3.02. The minimum atomic E-state index is -0.273. The van der Waals surface area contributed by atoms with Crippen molar-refractivity contribution in [1.82, 2.24) is 9.78 Å². The molecule has 1 rings (SSSR count). The molecule has 1 aromatic heterocycles. The summed E-state index contributed by atoms with van der Waals surface area (Å²) in [6.07, 6.45) is 3.21. The molecule has 0 aliphatic heterocycles. The normalized spacial score (nSPS) is 12.4. The Bertz CT molecular complexity index is 524. The molecule has 0 aliphatic rings. The van der Waals surface area contributed by atoms with E-state index in [0.29, 0.717) is 17.1 Å². The topological polar surface area (TPSA) is 56.5 Å². The fourth-order valence-corrected chi connectivity index (χ4v) is 1.58. The third-order valence-electron chi connectivity index (χ3n) is 2.39. The molecule has 1 aromatic rings. The predicted molar refractivity (Wildman–Crippen MR) is 71.5 cm³/mol. The van der Waals surface area contributed by atoms with Gasteiger partial charge in [-0.25, -0.2) is 4.68 Å². The number of aliphatic imine (C=N–C) groups is 1. The van der Waals surface area contributed by atoms with Gasteiger partial charge in [0.15, 0.2) is 5.76 Å². The minimum Gasteiger partial charge on any atom is -0.493 e. The average molecular weight is 247 g/mol. The number of rotatable bonds is 5. The second-order valence-electron chi connectivity index (χ2n) is 3.62. The van der Waals surface area contributed by atoms with E-state index in [4.69, 9.17) is 4.74 Å². The molecule has 5 nitrogen and oxygen atoms in total. The Morgan fingerprint density at radius 3 is 2.72 bits per heavy atom. The average Bonchev–Trinajstić information content (AvgIpc) is 2.81. The maximum atomic E-state index is 12.2. The van der Waals surface area contributed by atoms with Crippen LogP contribution in [-0.4, -0.2) is 35.4 Å². The first-order valence-electron chi connectivity index (χ1n) is 5.48. The van der Waals surface area contributed by atoms with Crippen LogP contribution in [0.2, 0.25) is 0 Å². The van der Waals surface area contributed by atoms with Crippen LogP contribution >= 0.6 is 0 Å². The second kappa shape index (κ2) is 5.95. The van der Waals surface area contributed by atoms with Gasteiger partial charge in [0.1, 0.15) is 5.71 Å². The summed E-state index contributed by atoms with van der Waals surface area (Å²) in [5, 5.41) is 4.10. The Kier molecular flexibility index (Phi) is 4.59. The van der Waals surface area contributed by atoms with Gasteiger partial charge in [-0.3, -0.25) is 9.79 Å². The molecule has 0 aromatic carbocycles. The first kappa shape index (κ1) is 13.9. The van der Waals surface area contributed by atoms with Crippen molar-refractivity contribution in [1.29, 1.82) is 0 Å². The highest BCUT2D eigenvalue weighted by atomic mass is 16.5. The van der Waals surface area contributed by atoms with Gasteiger partial charge in [-0.2, -0.15) is 5.10 Å². The van der Waals surface area contributed by atoms with Crippen molar-refractivity contribution < 1.29 is 9.53 Å². The number of Topliss-reactive ketones (excluding diaryl/α,β-unsaturated/α-hetero) is 1. The zero-order chi connectivity index (χ0) is 13.7. The fraction of sp³-hybridized carbons (Fsp3) is 0.308. The first-order chi connectivity index (χ1) is 8.56. The van der Waals surface area contributed by atoms with Crippen LogP contribution in [0.25, 0.3) is 5.70 Å². The predicted octanol–water partition coefficient (Wildman–Crippen LogP) is 1.91. The molecule has 0 aliphatic carbocycles. The van der Waals surface area contributed by atoms with E-state index in [2.05, 4.69) is 16.7 Å². The molecule has 96 valence electrons. The molecule has 0 N–H and O–H groups in total. The van der Waals surface area contributed by atoms with Gasteiger partial charge in [0.05, 0.1) is 19.0 Å². The Hall–Kier alpha value is -2.17. The third-order valence-corrected chi connectivity index (χ3v) is 2.39. The van der Waals surface area contributed by atoms with Gasteiger partial charge in [-0.05, 0) is 26.0 Å². The Labute approximate surface area is 106 Å². The van der Waals surface area contributed by atoms with Gasteiger partial charge >= 0.3 is 0 Å². The molecule has 0 atom stereocenters. The molecular formula is C13H17N3O2. The van der Waals surface area contributed by atoms with Gasteiger partial charge < -0.3 is 4.74 Å². The molecule has 5 heteroatoms. The maximum absolute atomic E-state index is 12.2. The van der Waals surface area contributed by atoms with Crippen LogP contribution in [0, 0.1) is 0 Å². The molecule has 1 heterocycles. The number of nitrogens with zero attached hydrogens (tertiary/aromatic N) is 3.